The second-order valence-electron chi connectivity index (χ2n) is 5.44. The third-order valence-electron chi connectivity index (χ3n) is 2.76. The van der Waals surface area contributed by atoms with Gasteiger partial charge in [-0.05, 0) is 32.4 Å². The van der Waals surface area contributed by atoms with Crippen molar-refractivity contribution in [2.24, 2.45) is 0 Å². The van der Waals surface area contributed by atoms with Crippen LogP contribution in [0.1, 0.15) is 37.9 Å². The van der Waals surface area contributed by atoms with E-state index in [4.69, 9.17) is 0 Å². The van der Waals surface area contributed by atoms with Gasteiger partial charge in [0.05, 0.1) is 16.5 Å². The minimum atomic E-state index is -4.70. The SMILES string of the molecule is [CH2]C(C)(C)[S+]([O-])N[C@H](C)c1cc([N+](=O)[O-])cc(C(F)(F)F)c1. The number of nitrogens with one attached hydrogen (secondary N) is 1. The number of nitro groups is 1. The molecule has 1 aromatic carbocycles. The Balaban J connectivity index is 3.18. The van der Waals surface area contributed by atoms with Crippen molar-refractivity contribution in [1.82, 2.24) is 4.72 Å². The average molecular weight is 337 g/mol. The average Bonchev–Trinajstić information content (AvgIpc) is 2.35. The van der Waals surface area contributed by atoms with Crippen molar-refractivity contribution in [3.8, 4) is 0 Å². The summed E-state index contributed by atoms with van der Waals surface area (Å²) in [5, 5.41) is 10.8. The first-order valence-corrected chi connectivity index (χ1v) is 7.37. The van der Waals surface area contributed by atoms with Gasteiger partial charge >= 0.3 is 6.18 Å². The number of benzene rings is 1. The van der Waals surface area contributed by atoms with E-state index in [1.165, 1.54) is 6.92 Å². The summed E-state index contributed by atoms with van der Waals surface area (Å²) in [5.41, 5.74) is -1.76. The van der Waals surface area contributed by atoms with Crippen LogP contribution in [0.15, 0.2) is 18.2 Å². The Morgan fingerprint density at radius 1 is 1.32 bits per heavy atom. The van der Waals surface area contributed by atoms with Crippen LogP contribution in [0.5, 0.6) is 0 Å². The van der Waals surface area contributed by atoms with Crippen molar-refractivity contribution in [3.05, 3.63) is 46.4 Å². The molecular weight excluding hydrogens is 321 g/mol. The first-order valence-electron chi connectivity index (χ1n) is 6.22. The molecule has 1 N–H and O–H groups in total. The Hall–Kier alpha value is -1.32. The lowest BCUT2D eigenvalue weighted by molar-refractivity contribution is -0.385. The molecule has 1 unspecified atom stereocenters. The van der Waals surface area contributed by atoms with Crippen molar-refractivity contribution < 1.29 is 22.6 Å². The molecule has 0 saturated heterocycles. The van der Waals surface area contributed by atoms with Gasteiger partial charge in [0.2, 0.25) is 0 Å². The van der Waals surface area contributed by atoms with Crippen LogP contribution < -0.4 is 4.72 Å². The molecule has 1 aromatic rings. The Kier molecular flexibility index (Phi) is 5.47. The van der Waals surface area contributed by atoms with E-state index in [0.29, 0.717) is 6.07 Å². The quantitative estimate of drug-likeness (QED) is 0.506. The molecule has 0 amide bonds. The molecule has 2 atom stereocenters. The molecule has 0 heterocycles. The topological polar surface area (TPSA) is 78.2 Å². The lowest BCUT2D eigenvalue weighted by Crippen LogP contribution is -2.40. The monoisotopic (exact) mass is 337 g/mol. The summed E-state index contributed by atoms with van der Waals surface area (Å²) in [6, 6.07) is 1.53. The standard InChI is InChI=1S/C13H16F3N2O3S/c1-8(17-22(21)12(2,3)4)9-5-10(13(14,15)16)7-11(6-9)18(19)20/h5-8,17H,2H2,1,3-4H3/t8-,22?/m1/s1. The first-order chi connectivity index (χ1) is 9.82. The van der Waals surface area contributed by atoms with Gasteiger partial charge in [0.1, 0.15) is 4.75 Å². The van der Waals surface area contributed by atoms with Gasteiger partial charge in [-0.15, -0.1) is 4.72 Å². The minimum Gasteiger partial charge on any atom is -0.598 e. The second-order valence-corrected chi connectivity index (χ2v) is 7.31. The fraction of sp³-hybridized carbons (Fsp3) is 0.462. The Bertz CT molecular complexity index is 558. The zero-order chi connectivity index (χ0) is 17.3. The van der Waals surface area contributed by atoms with Crippen LogP contribution in [0, 0.1) is 17.0 Å². The van der Waals surface area contributed by atoms with Gasteiger partial charge in [0.25, 0.3) is 5.69 Å². The maximum Gasteiger partial charge on any atom is 0.416 e. The van der Waals surface area contributed by atoms with E-state index in [0.717, 1.165) is 12.1 Å². The van der Waals surface area contributed by atoms with Crippen molar-refractivity contribution in [2.75, 3.05) is 0 Å². The van der Waals surface area contributed by atoms with Gasteiger partial charge in [0, 0.05) is 30.4 Å². The molecule has 0 spiro atoms. The van der Waals surface area contributed by atoms with Crippen molar-refractivity contribution >= 4 is 17.0 Å². The van der Waals surface area contributed by atoms with E-state index in [2.05, 4.69) is 11.6 Å². The molecule has 22 heavy (non-hydrogen) atoms. The molecule has 1 radical (unpaired) electrons. The van der Waals surface area contributed by atoms with Gasteiger partial charge in [-0.2, -0.15) is 13.2 Å². The van der Waals surface area contributed by atoms with Gasteiger partial charge in [-0.25, -0.2) is 0 Å². The van der Waals surface area contributed by atoms with Crippen LogP contribution in [0.3, 0.4) is 0 Å². The summed E-state index contributed by atoms with van der Waals surface area (Å²) in [5.74, 6) is 0. The molecule has 0 aliphatic heterocycles. The van der Waals surface area contributed by atoms with Crippen LogP contribution in [0.4, 0.5) is 18.9 Å². The van der Waals surface area contributed by atoms with Crippen LogP contribution in [-0.2, 0) is 17.5 Å². The number of nitrogens with zero attached hydrogens (tertiary/aromatic N) is 1. The van der Waals surface area contributed by atoms with Gasteiger partial charge in [-0.3, -0.25) is 10.1 Å². The highest BCUT2D eigenvalue weighted by Crippen LogP contribution is 2.34. The highest BCUT2D eigenvalue weighted by Gasteiger charge is 2.34. The molecule has 0 aromatic heterocycles. The molecule has 0 saturated carbocycles. The van der Waals surface area contributed by atoms with E-state index < -0.39 is 44.5 Å². The predicted molar refractivity (Wildman–Crippen MR) is 77.2 cm³/mol. The number of hydrogen-bond acceptors (Lipinski definition) is 4. The molecule has 0 bridgehead atoms. The minimum absolute atomic E-state index is 0.0270. The Morgan fingerprint density at radius 3 is 2.27 bits per heavy atom. The zero-order valence-electron chi connectivity index (χ0n) is 12.2. The Labute approximate surface area is 129 Å². The van der Waals surface area contributed by atoms with Crippen LogP contribution in [0.2, 0.25) is 0 Å². The third kappa shape index (κ3) is 4.85. The molecule has 123 valence electrons. The molecule has 5 nitrogen and oxygen atoms in total. The molecule has 0 aliphatic rings. The number of non-ortho nitro benzene ring substituents is 1. The van der Waals surface area contributed by atoms with Crippen molar-refractivity contribution in [3.63, 3.8) is 0 Å². The fourth-order valence-electron chi connectivity index (χ4n) is 1.54. The number of rotatable bonds is 5. The second kappa shape index (κ2) is 6.43. The van der Waals surface area contributed by atoms with Crippen LogP contribution in [0.25, 0.3) is 0 Å². The van der Waals surface area contributed by atoms with E-state index in [1.54, 1.807) is 13.8 Å². The van der Waals surface area contributed by atoms with Crippen LogP contribution >= 0.6 is 0 Å². The highest BCUT2D eigenvalue weighted by molar-refractivity contribution is 7.90. The fourth-order valence-corrected chi connectivity index (χ4v) is 2.32. The maximum atomic E-state index is 12.8. The highest BCUT2D eigenvalue weighted by atomic mass is 32.2. The number of halogens is 3. The van der Waals surface area contributed by atoms with Gasteiger partial charge in [0.15, 0.2) is 0 Å². The Morgan fingerprint density at radius 2 is 1.86 bits per heavy atom. The lowest BCUT2D eigenvalue weighted by Gasteiger charge is -2.26. The van der Waals surface area contributed by atoms with E-state index in [-0.39, 0.29) is 5.56 Å². The number of hydrogen-bond donors (Lipinski definition) is 1. The number of alkyl halides is 3. The molecule has 9 heteroatoms. The van der Waals surface area contributed by atoms with Gasteiger partial charge < -0.3 is 4.55 Å². The van der Waals surface area contributed by atoms with E-state index in [9.17, 15) is 27.8 Å². The van der Waals surface area contributed by atoms with Crippen molar-refractivity contribution in [2.45, 2.75) is 37.7 Å². The summed E-state index contributed by atoms with van der Waals surface area (Å²) in [6.07, 6.45) is -4.70. The summed E-state index contributed by atoms with van der Waals surface area (Å²) in [6.45, 7) is 8.33. The zero-order valence-corrected chi connectivity index (χ0v) is 13.0. The summed E-state index contributed by atoms with van der Waals surface area (Å²) in [4.78, 5) is 9.89. The third-order valence-corrected chi connectivity index (χ3v) is 4.34. The molecule has 0 aliphatic carbocycles. The summed E-state index contributed by atoms with van der Waals surface area (Å²) < 4.78 is 52.1. The molecule has 1 rings (SSSR count). The number of nitro benzene ring substituents is 1. The van der Waals surface area contributed by atoms with E-state index >= 15 is 0 Å². The predicted octanol–water partition coefficient (Wildman–Crippen LogP) is 3.54. The maximum absolute atomic E-state index is 12.8. The first kappa shape index (κ1) is 18.7. The van der Waals surface area contributed by atoms with Crippen molar-refractivity contribution in [1.29, 1.82) is 0 Å². The van der Waals surface area contributed by atoms with Gasteiger partial charge in [-0.1, -0.05) is 0 Å². The smallest absolute Gasteiger partial charge is 0.416 e. The molecular formula is C13H16F3N2O3S. The normalized spacial score (nSPS) is 15.5. The van der Waals surface area contributed by atoms with E-state index in [1.807, 2.05) is 0 Å². The summed E-state index contributed by atoms with van der Waals surface area (Å²) in [7, 11) is 0. The lowest BCUT2D eigenvalue weighted by atomic mass is 10.0. The molecule has 0 fully saturated rings. The largest absolute Gasteiger partial charge is 0.598 e. The van der Waals surface area contributed by atoms with Crippen LogP contribution in [-0.4, -0.2) is 14.2 Å². The summed E-state index contributed by atoms with van der Waals surface area (Å²) >= 11 is -1.63.